The Morgan fingerprint density at radius 2 is 2.25 bits per heavy atom. The minimum Gasteiger partial charge on any atom is -0.506 e. The number of hydrogen-bond donors (Lipinski definition) is 1. The molecule has 0 saturated heterocycles. The Bertz CT molecular complexity index is 543. The van der Waals surface area contributed by atoms with Gasteiger partial charge in [0, 0.05) is 11.6 Å². The van der Waals surface area contributed by atoms with E-state index in [9.17, 15) is 5.11 Å². The molecule has 0 spiro atoms. The fraction of sp³-hybridized carbons (Fsp3) is 0.154. The molecule has 0 saturated carbocycles. The SMILES string of the molecule is C#CCOCc1ccc(O)c2ncccc12. The lowest BCUT2D eigenvalue weighted by Gasteiger charge is -2.06. The van der Waals surface area contributed by atoms with Gasteiger partial charge in [0.05, 0.1) is 6.61 Å². The highest BCUT2D eigenvalue weighted by Crippen LogP contribution is 2.25. The van der Waals surface area contributed by atoms with Crippen molar-refractivity contribution < 1.29 is 9.84 Å². The van der Waals surface area contributed by atoms with E-state index < -0.39 is 0 Å². The van der Waals surface area contributed by atoms with E-state index in [0.29, 0.717) is 12.1 Å². The minimum atomic E-state index is 0.177. The Labute approximate surface area is 93.7 Å². The number of terminal acetylenes is 1. The monoisotopic (exact) mass is 213 g/mol. The van der Waals surface area contributed by atoms with Gasteiger partial charge in [-0.1, -0.05) is 18.1 Å². The molecule has 0 aliphatic carbocycles. The summed E-state index contributed by atoms with van der Waals surface area (Å²) in [6.45, 7) is 0.704. The average Bonchev–Trinajstić information content (AvgIpc) is 2.33. The molecule has 16 heavy (non-hydrogen) atoms. The molecule has 0 atom stereocenters. The van der Waals surface area contributed by atoms with Crippen molar-refractivity contribution in [2.45, 2.75) is 6.61 Å². The fourth-order valence-electron chi connectivity index (χ4n) is 1.56. The van der Waals surface area contributed by atoms with Crippen molar-refractivity contribution >= 4 is 10.9 Å². The summed E-state index contributed by atoms with van der Waals surface area (Å²) in [6.07, 6.45) is 6.75. The van der Waals surface area contributed by atoms with E-state index in [-0.39, 0.29) is 12.4 Å². The Hall–Kier alpha value is -2.05. The van der Waals surface area contributed by atoms with Crippen LogP contribution < -0.4 is 0 Å². The zero-order valence-corrected chi connectivity index (χ0v) is 8.68. The van der Waals surface area contributed by atoms with Gasteiger partial charge in [0.1, 0.15) is 17.9 Å². The topological polar surface area (TPSA) is 42.4 Å². The molecule has 1 aromatic carbocycles. The van der Waals surface area contributed by atoms with Crippen LogP contribution in [-0.4, -0.2) is 16.7 Å². The highest BCUT2D eigenvalue weighted by molar-refractivity contribution is 5.86. The second kappa shape index (κ2) is 4.65. The van der Waals surface area contributed by atoms with Gasteiger partial charge < -0.3 is 9.84 Å². The first-order valence-corrected chi connectivity index (χ1v) is 4.89. The van der Waals surface area contributed by atoms with Crippen LogP contribution in [0.5, 0.6) is 5.75 Å². The largest absolute Gasteiger partial charge is 0.506 e. The van der Waals surface area contributed by atoms with Gasteiger partial charge >= 0.3 is 0 Å². The van der Waals surface area contributed by atoms with Gasteiger partial charge in [-0.25, -0.2) is 0 Å². The normalized spacial score (nSPS) is 10.2. The van der Waals surface area contributed by atoms with E-state index in [1.165, 1.54) is 0 Å². The molecule has 0 radical (unpaired) electrons. The third kappa shape index (κ3) is 1.97. The highest BCUT2D eigenvalue weighted by Gasteiger charge is 2.05. The predicted octanol–water partition coefficient (Wildman–Crippen LogP) is 2.09. The third-order valence-corrected chi connectivity index (χ3v) is 2.28. The summed E-state index contributed by atoms with van der Waals surface area (Å²) in [5.74, 6) is 2.59. The molecule has 1 N–H and O–H groups in total. The van der Waals surface area contributed by atoms with Crippen LogP contribution in [0.4, 0.5) is 0 Å². The Morgan fingerprint density at radius 1 is 1.38 bits per heavy atom. The van der Waals surface area contributed by atoms with E-state index in [2.05, 4.69) is 10.9 Å². The molecule has 0 aliphatic rings. The Balaban J connectivity index is 2.39. The summed E-state index contributed by atoms with van der Waals surface area (Å²) in [6, 6.07) is 7.16. The van der Waals surface area contributed by atoms with Crippen molar-refractivity contribution in [2.24, 2.45) is 0 Å². The van der Waals surface area contributed by atoms with Crippen LogP contribution >= 0.6 is 0 Å². The number of phenolic OH excluding ortho intramolecular Hbond substituents is 1. The van der Waals surface area contributed by atoms with Crippen LogP contribution in [0.1, 0.15) is 5.56 Å². The number of benzene rings is 1. The van der Waals surface area contributed by atoms with Crippen LogP contribution in [-0.2, 0) is 11.3 Å². The number of aromatic nitrogens is 1. The number of fused-ring (bicyclic) bond motifs is 1. The molecule has 3 heteroatoms. The van der Waals surface area contributed by atoms with E-state index >= 15 is 0 Å². The molecule has 1 aromatic heterocycles. The Kier molecular flexibility index (Phi) is 3.04. The van der Waals surface area contributed by atoms with Gasteiger partial charge in [-0.15, -0.1) is 6.42 Å². The summed E-state index contributed by atoms with van der Waals surface area (Å²) < 4.78 is 5.27. The molecule has 0 bridgehead atoms. The summed E-state index contributed by atoms with van der Waals surface area (Å²) in [7, 11) is 0. The lowest BCUT2D eigenvalue weighted by molar-refractivity contribution is 0.154. The van der Waals surface area contributed by atoms with Crippen LogP contribution in [0, 0.1) is 12.3 Å². The second-order valence-electron chi connectivity index (χ2n) is 3.34. The summed E-state index contributed by atoms with van der Waals surface area (Å²) in [5, 5.41) is 10.5. The summed E-state index contributed by atoms with van der Waals surface area (Å²) in [5.41, 5.74) is 1.56. The van der Waals surface area contributed by atoms with Crippen molar-refractivity contribution in [1.82, 2.24) is 4.98 Å². The fourth-order valence-corrected chi connectivity index (χ4v) is 1.56. The zero-order chi connectivity index (χ0) is 11.4. The lowest BCUT2D eigenvalue weighted by Crippen LogP contribution is -1.94. The van der Waals surface area contributed by atoms with Gasteiger partial charge in [0.2, 0.25) is 0 Å². The summed E-state index contributed by atoms with van der Waals surface area (Å²) in [4.78, 5) is 4.12. The molecule has 0 aliphatic heterocycles. The van der Waals surface area contributed by atoms with Crippen molar-refractivity contribution in [3.8, 4) is 18.1 Å². The number of hydrogen-bond acceptors (Lipinski definition) is 3. The van der Waals surface area contributed by atoms with Crippen LogP contribution in [0.25, 0.3) is 10.9 Å². The van der Waals surface area contributed by atoms with Crippen LogP contribution in [0.15, 0.2) is 30.5 Å². The number of phenols is 1. The molecular formula is C13H11NO2. The van der Waals surface area contributed by atoms with Gasteiger partial charge in [-0.05, 0) is 17.7 Å². The quantitative estimate of drug-likeness (QED) is 0.627. The first-order valence-electron chi connectivity index (χ1n) is 4.89. The van der Waals surface area contributed by atoms with E-state index in [0.717, 1.165) is 10.9 Å². The van der Waals surface area contributed by atoms with Crippen molar-refractivity contribution in [3.05, 3.63) is 36.0 Å². The molecule has 0 amide bonds. The maximum atomic E-state index is 9.63. The smallest absolute Gasteiger partial charge is 0.141 e. The van der Waals surface area contributed by atoms with Crippen LogP contribution in [0.2, 0.25) is 0 Å². The van der Waals surface area contributed by atoms with Gasteiger partial charge in [-0.2, -0.15) is 0 Å². The zero-order valence-electron chi connectivity index (χ0n) is 8.68. The molecule has 3 nitrogen and oxygen atoms in total. The van der Waals surface area contributed by atoms with E-state index in [1.807, 2.05) is 18.2 Å². The van der Waals surface area contributed by atoms with Crippen molar-refractivity contribution in [1.29, 1.82) is 0 Å². The predicted molar refractivity (Wildman–Crippen MR) is 61.9 cm³/mol. The molecule has 1 heterocycles. The molecule has 2 rings (SSSR count). The first-order chi connectivity index (χ1) is 7.83. The molecule has 0 fully saturated rings. The second-order valence-corrected chi connectivity index (χ2v) is 3.34. The van der Waals surface area contributed by atoms with Gasteiger partial charge in [0.25, 0.3) is 0 Å². The van der Waals surface area contributed by atoms with Gasteiger partial charge in [-0.3, -0.25) is 4.98 Å². The number of ether oxygens (including phenoxy) is 1. The highest BCUT2D eigenvalue weighted by atomic mass is 16.5. The molecule has 80 valence electrons. The summed E-state index contributed by atoms with van der Waals surface area (Å²) >= 11 is 0. The first kappa shape index (κ1) is 10.5. The maximum absolute atomic E-state index is 9.63. The molecular weight excluding hydrogens is 202 g/mol. The van der Waals surface area contributed by atoms with Crippen molar-refractivity contribution in [2.75, 3.05) is 6.61 Å². The van der Waals surface area contributed by atoms with E-state index in [4.69, 9.17) is 11.2 Å². The molecule has 0 unspecified atom stereocenters. The number of nitrogens with zero attached hydrogens (tertiary/aromatic N) is 1. The standard InChI is InChI=1S/C13H11NO2/c1-2-8-16-9-10-5-6-12(15)13-11(10)4-3-7-14-13/h1,3-7,15H,8-9H2. The van der Waals surface area contributed by atoms with Crippen molar-refractivity contribution in [3.63, 3.8) is 0 Å². The Morgan fingerprint density at radius 3 is 3.06 bits per heavy atom. The number of rotatable bonds is 3. The average molecular weight is 213 g/mol. The number of aromatic hydroxyl groups is 1. The minimum absolute atomic E-state index is 0.177. The van der Waals surface area contributed by atoms with Gasteiger partial charge in [0.15, 0.2) is 0 Å². The maximum Gasteiger partial charge on any atom is 0.141 e. The van der Waals surface area contributed by atoms with Crippen LogP contribution in [0.3, 0.4) is 0 Å². The van der Waals surface area contributed by atoms with E-state index in [1.54, 1.807) is 12.3 Å². The lowest BCUT2D eigenvalue weighted by atomic mass is 10.1. The molecule has 2 aromatic rings. The third-order valence-electron chi connectivity index (χ3n) is 2.28. The number of pyridine rings is 1.